The average Bonchev–Trinajstić information content (AvgIpc) is 2.46. The van der Waals surface area contributed by atoms with Crippen molar-refractivity contribution in [2.75, 3.05) is 11.9 Å². The lowest BCUT2D eigenvalue weighted by molar-refractivity contribution is 0.0486. The lowest BCUT2D eigenvalue weighted by Crippen LogP contribution is -2.56. The average molecular weight is 264 g/mol. The van der Waals surface area contributed by atoms with Crippen molar-refractivity contribution in [3.05, 3.63) is 0 Å². The third-order valence-electron chi connectivity index (χ3n) is 3.34. The number of alkyl halides is 1. The Bertz CT molecular complexity index is 237. The molecule has 1 fully saturated rings. The van der Waals surface area contributed by atoms with Gasteiger partial charge in [0.15, 0.2) is 0 Å². The van der Waals surface area contributed by atoms with Gasteiger partial charge in [0.2, 0.25) is 0 Å². The van der Waals surface area contributed by atoms with Crippen molar-refractivity contribution < 1.29 is 9.90 Å². The molecule has 0 bridgehead atoms. The molecule has 0 aliphatic carbocycles. The Morgan fingerprint density at radius 2 is 2.14 bits per heavy atom. The molecule has 0 radical (unpaired) electrons. The second-order valence-electron chi connectivity index (χ2n) is 4.95. The molecule has 0 saturated carbocycles. The van der Waals surface area contributed by atoms with Crippen LogP contribution in [0.3, 0.4) is 0 Å². The fraction of sp³-hybridized carbons (Fsp3) is 0.900. The van der Waals surface area contributed by atoms with E-state index in [1.54, 1.807) is 4.90 Å². The van der Waals surface area contributed by atoms with E-state index < -0.39 is 6.09 Å². The van der Waals surface area contributed by atoms with Crippen molar-refractivity contribution in [1.29, 1.82) is 0 Å². The highest BCUT2D eigenvalue weighted by Crippen LogP contribution is 2.44. The summed E-state index contributed by atoms with van der Waals surface area (Å²) in [4.78, 5) is 12.7. The number of hydrogen-bond donors (Lipinski definition) is 1. The maximum absolute atomic E-state index is 11.1. The lowest BCUT2D eigenvalue weighted by Gasteiger charge is -2.46. The first-order valence-electron chi connectivity index (χ1n) is 4.92. The van der Waals surface area contributed by atoms with Crippen LogP contribution in [0.5, 0.6) is 0 Å². The van der Waals surface area contributed by atoms with Crippen molar-refractivity contribution in [1.82, 2.24) is 4.90 Å². The number of carboxylic acid groups (broad SMARTS) is 1. The summed E-state index contributed by atoms with van der Waals surface area (Å²) in [7, 11) is 0. The van der Waals surface area contributed by atoms with Gasteiger partial charge in [-0.05, 0) is 18.3 Å². The molecule has 1 atom stereocenters. The van der Waals surface area contributed by atoms with E-state index >= 15 is 0 Å². The molecule has 82 valence electrons. The molecule has 1 amide bonds. The minimum Gasteiger partial charge on any atom is -0.465 e. The van der Waals surface area contributed by atoms with Crippen LogP contribution in [0.4, 0.5) is 4.79 Å². The maximum atomic E-state index is 11.1. The summed E-state index contributed by atoms with van der Waals surface area (Å²) in [5.74, 6) is 0. The van der Waals surface area contributed by atoms with E-state index in [1.807, 2.05) is 0 Å². The molecule has 1 heterocycles. The van der Waals surface area contributed by atoms with Gasteiger partial charge in [-0.3, -0.25) is 0 Å². The maximum Gasteiger partial charge on any atom is 0.407 e. The van der Waals surface area contributed by atoms with Gasteiger partial charge < -0.3 is 10.0 Å². The van der Waals surface area contributed by atoms with Gasteiger partial charge in [-0.15, -0.1) is 0 Å². The standard InChI is InChI=1S/C10H18BrNO2/c1-9(2,3)10(7-11)5-4-6-12(10)8(13)14/h4-7H2,1-3H3,(H,13,14)/t10-/m1/s1. The monoisotopic (exact) mass is 263 g/mol. The normalized spacial score (nSPS) is 28.1. The number of amides is 1. The Kier molecular flexibility index (Phi) is 3.14. The van der Waals surface area contributed by atoms with Gasteiger partial charge >= 0.3 is 6.09 Å². The first kappa shape index (κ1) is 11.8. The van der Waals surface area contributed by atoms with Crippen LogP contribution in [0.25, 0.3) is 0 Å². The molecule has 4 heteroatoms. The summed E-state index contributed by atoms with van der Waals surface area (Å²) in [5, 5.41) is 9.87. The van der Waals surface area contributed by atoms with Gasteiger partial charge in [-0.25, -0.2) is 4.79 Å². The van der Waals surface area contributed by atoms with E-state index in [1.165, 1.54) is 0 Å². The van der Waals surface area contributed by atoms with Gasteiger partial charge in [-0.1, -0.05) is 36.7 Å². The van der Waals surface area contributed by atoms with Crippen LogP contribution in [0.1, 0.15) is 33.6 Å². The zero-order valence-electron chi connectivity index (χ0n) is 9.01. The number of halogens is 1. The van der Waals surface area contributed by atoms with Crippen LogP contribution >= 0.6 is 15.9 Å². The second kappa shape index (κ2) is 3.72. The number of hydrogen-bond acceptors (Lipinski definition) is 1. The molecular weight excluding hydrogens is 246 g/mol. The van der Waals surface area contributed by atoms with E-state index in [-0.39, 0.29) is 11.0 Å². The molecule has 1 saturated heterocycles. The van der Waals surface area contributed by atoms with Crippen molar-refractivity contribution in [3.63, 3.8) is 0 Å². The van der Waals surface area contributed by atoms with E-state index in [2.05, 4.69) is 36.7 Å². The molecule has 0 aromatic heterocycles. The summed E-state index contributed by atoms with van der Waals surface area (Å²) < 4.78 is 0. The highest BCUT2D eigenvalue weighted by molar-refractivity contribution is 9.09. The van der Waals surface area contributed by atoms with Gasteiger partial charge in [-0.2, -0.15) is 0 Å². The van der Waals surface area contributed by atoms with Crippen molar-refractivity contribution in [3.8, 4) is 0 Å². The number of carbonyl (C=O) groups is 1. The highest BCUT2D eigenvalue weighted by Gasteiger charge is 2.50. The number of nitrogens with zero attached hydrogens (tertiary/aromatic N) is 1. The minimum atomic E-state index is -0.795. The topological polar surface area (TPSA) is 40.5 Å². The molecule has 0 unspecified atom stereocenters. The van der Waals surface area contributed by atoms with Crippen molar-refractivity contribution >= 4 is 22.0 Å². The molecule has 1 aliphatic rings. The Labute approximate surface area is 93.6 Å². The van der Waals surface area contributed by atoms with Gasteiger partial charge in [0.25, 0.3) is 0 Å². The Balaban J connectivity index is 3.04. The smallest absolute Gasteiger partial charge is 0.407 e. The van der Waals surface area contributed by atoms with Crippen molar-refractivity contribution in [2.45, 2.75) is 39.2 Å². The van der Waals surface area contributed by atoms with E-state index in [0.717, 1.165) is 18.2 Å². The molecule has 1 aliphatic heterocycles. The predicted octanol–water partition coefficient (Wildman–Crippen LogP) is 2.94. The first-order valence-corrected chi connectivity index (χ1v) is 6.04. The van der Waals surface area contributed by atoms with Crippen LogP contribution in [0.2, 0.25) is 0 Å². The van der Waals surface area contributed by atoms with Crippen LogP contribution in [0.15, 0.2) is 0 Å². The third kappa shape index (κ3) is 1.64. The van der Waals surface area contributed by atoms with Crippen LogP contribution in [0, 0.1) is 5.41 Å². The minimum absolute atomic E-state index is 0.0224. The van der Waals surface area contributed by atoms with Crippen LogP contribution in [-0.4, -0.2) is 33.5 Å². The van der Waals surface area contributed by atoms with Gasteiger partial charge in [0.1, 0.15) is 0 Å². The molecule has 0 aromatic rings. The summed E-state index contributed by atoms with van der Waals surface area (Å²) in [6.07, 6.45) is 1.13. The summed E-state index contributed by atoms with van der Waals surface area (Å²) in [5.41, 5.74) is -0.260. The Morgan fingerprint density at radius 3 is 2.43 bits per heavy atom. The van der Waals surface area contributed by atoms with Gasteiger partial charge in [0, 0.05) is 11.9 Å². The Hall–Kier alpha value is -0.250. The van der Waals surface area contributed by atoms with E-state index in [9.17, 15) is 4.79 Å². The van der Waals surface area contributed by atoms with Gasteiger partial charge in [0.05, 0.1) is 5.54 Å². The first-order chi connectivity index (χ1) is 6.35. The Morgan fingerprint density at radius 1 is 1.57 bits per heavy atom. The third-order valence-corrected chi connectivity index (χ3v) is 4.26. The van der Waals surface area contributed by atoms with Crippen molar-refractivity contribution in [2.24, 2.45) is 5.41 Å². The molecule has 0 aromatic carbocycles. The SMILES string of the molecule is CC(C)(C)[C@]1(CBr)CCCN1C(=O)O. The fourth-order valence-corrected chi connectivity index (χ4v) is 3.70. The summed E-state index contributed by atoms with van der Waals surface area (Å²) in [6, 6.07) is 0. The fourth-order valence-electron chi connectivity index (χ4n) is 2.28. The quantitative estimate of drug-likeness (QED) is 0.740. The second-order valence-corrected chi connectivity index (χ2v) is 5.51. The largest absolute Gasteiger partial charge is 0.465 e. The van der Waals surface area contributed by atoms with E-state index in [4.69, 9.17) is 5.11 Å². The molecule has 1 rings (SSSR count). The lowest BCUT2D eigenvalue weighted by atomic mass is 9.73. The number of rotatable bonds is 1. The molecule has 3 nitrogen and oxygen atoms in total. The zero-order chi connectivity index (χ0) is 11.0. The van der Waals surface area contributed by atoms with Crippen LogP contribution < -0.4 is 0 Å². The molecular formula is C10H18BrNO2. The zero-order valence-corrected chi connectivity index (χ0v) is 10.6. The highest BCUT2D eigenvalue weighted by atomic mass is 79.9. The van der Waals surface area contributed by atoms with Crippen LogP contribution in [-0.2, 0) is 0 Å². The predicted molar refractivity (Wildman–Crippen MR) is 59.9 cm³/mol. The summed E-state index contributed by atoms with van der Waals surface area (Å²) in [6.45, 7) is 6.98. The molecule has 0 spiro atoms. The summed E-state index contributed by atoms with van der Waals surface area (Å²) >= 11 is 3.47. The van der Waals surface area contributed by atoms with E-state index in [0.29, 0.717) is 6.54 Å². The number of likely N-dealkylation sites (tertiary alicyclic amines) is 1. The molecule has 14 heavy (non-hydrogen) atoms. The molecule has 1 N–H and O–H groups in total.